The summed E-state index contributed by atoms with van der Waals surface area (Å²) in [6, 6.07) is 8.49. The van der Waals surface area contributed by atoms with Gasteiger partial charge in [0, 0.05) is 23.9 Å². The molecule has 0 aliphatic heterocycles. The van der Waals surface area contributed by atoms with Gasteiger partial charge in [-0.15, -0.1) is 0 Å². The van der Waals surface area contributed by atoms with Crippen LogP contribution in [0.5, 0.6) is 0 Å². The van der Waals surface area contributed by atoms with Crippen molar-refractivity contribution >= 4 is 11.5 Å². The number of ketones is 1. The smallest absolute Gasteiger partial charge is 0.187 e. The Kier molecular flexibility index (Phi) is 4.48. The first-order chi connectivity index (χ1) is 9.97. The van der Waals surface area contributed by atoms with Gasteiger partial charge in [-0.1, -0.05) is 12.1 Å². The van der Waals surface area contributed by atoms with Crippen LogP contribution in [0.15, 0.2) is 48.7 Å². The first kappa shape index (κ1) is 14.9. The highest BCUT2D eigenvalue weighted by Gasteiger charge is 2.04. The molecule has 0 spiro atoms. The van der Waals surface area contributed by atoms with E-state index in [4.69, 9.17) is 0 Å². The van der Waals surface area contributed by atoms with Gasteiger partial charge in [0.2, 0.25) is 0 Å². The number of carbonyl (C=O) groups excluding carboxylic acids is 1. The third-order valence-electron chi connectivity index (χ3n) is 3.19. The van der Waals surface area contributed by atoms with Crippen LogP contribution in [-0.4, -0.2) is 5.78 Å². The molecule has 0 unspecified atom stereocenters. The van der Waals surface area contributed by atoms with Crippen molar-refractivity contribution in [2.75, 3.05) is 5.32 Å². The molecule has 2 nitrogen and oxygen atoms in total. The molecule has 1 N–H and O–H groups in total. The Bertz CT molecular complexity index is 708. The Morgan fingerprint density at radius 1 is 1.05 bits per heavy atom. The van der Waals surface area contributed by atoms with E-state index in [1.807, 2.05) is 19.9 Å². The Balaban J connectivity index is 2.08. The Morgan fingerprint density at radius 2 is 1.81 bits per heavy atom. The topological polar surface area (TPSA) is 29.1 Å². The number of halogens is 2. The van der Waals surface area contributed by atoms with Crippen molar-refractivity contribution in [1.29, 1.82) is 0 Å². The van der Waals surface area contributed by atoms with Crippen molar-refractivity contribution in [3.05, 3.63) is 77.0 Å². The van der Waals surface area contributed by atoms with Gasteiger partial charge in [-0.3, -0.25) is 4.79 Å². The van der Waals surface area contributed by atoms with Gasteiger partial charge in [-0.05, 0) is 43.2 Å². The predicted molar refractivity (Wildman–Crippen MR) is 79.4 cm³/mol. The average Bonchev–Trinajstić information content (AvgIpc) is 2.45. The normalized spacial score (nSPS) is 10.9. The molecule has 108 valence electrons. The van der Waals surface area contributed by atoms with E-state index in [0.29, 0.717) is 5.56 Å². The maximum atomic E-state index is 13.4. The Labute approximate surface area is 122 Å². The largest absolute Gasteiger partial charge is 0.359 e. The van der Waals surface area contributed by atoms with Crippen LogP contribution in [0.3, 0.4) is 0 Å². The minimum Gasteiger partial charge on any atom is -0.359 e. The summed E-state index contributed by atoms with van der Waals surface area (Å²) in [5.41, 5.74) is 2.67. The number of carbonyl (C=O) groups is 1. The molecule has 2 rings (SSSR count). The Morgan fingerprint density at radius 3 is 2.52 bits per heavy atom. The second-order valence-corrected chi connectivity index (χ2v) is 4.77. The van der Waals surface area contributed by atoms with Gasteiger partial charge in [0.05, 0.1) is 5.69 Å². The fourth-order valence-corrected chi connectivity index (χ4v) is 1.81. The molecule has 2 aromatic rings. The molecule has 0 aromatic heterocycles. The fraction of sp³-hybridized carbons (Fsp3) is 0.118. The average molecular weight is 287 g/mol. The lowest BCUT2D eigenvalue weighted by Crippen LogP contribution is -1.98. The maximum absolute atomic E-state index is 13.4. The van der Waals surface area contributed by atoms with E-state index in [-0.39, 0.29) is 11.5 Å². The molecule has 0 saturated heterocycles. The summed E-state index contributed by atoms with van der Waals surface area (Å²) in [5, 5.41) is 2.56. The summed E-state index contributed by atoms with van der Waals surface area (Å²) in [6.45, 7) is 3.89. The van der Waals surface area contributed by atoms with E-state index in [2.05, 4.69) is 5.32 Å². The third-order valence-corrected chi connectivity index (χ3v) is 3.19. The van der Waals surface area contributed by atoms with Crippen molar-refractivity contribution in [3.63, 3.8) is 0 Å². The predicted octanol–water partition coefficient (Wildman–Crippen LogP) is 4.39. The molecular weight excluding hydrogens is 272 g/mol. The molecule has 0 heterocycles. The zero-order valence-corrected chi connectivity index (χ0v) is 11.8. The summed E-state index contributed by atoms with van der Waals surface area (Å²) in [6.07, 6.45) is 2.59. The number of rotatable bonds is 4. The summed E-state index contributed by atoms with van der Waals surface area (Å²) in [4.78, 5) is 12.0. The quantitative estimate of drug-likeness (QED) is 0.667. The van der Waals surface area contributed by atoms with Gasteiger partial charge in [-0.25, -0.2) is 8.78 Å². The van der Waals surface area contributed by atoms with E-state index in [1.54, 1.807) is 12.1 Å². The minimum atomic E-state index is -0.584. The standard InChI is InChI=1S/C17H15F2NO/c1-11-3-4-13(9-12(11)2)17(21)7-8-20-16-10-14(18)5-6-15(16)19/h3-10,20H,1-2H3. The van der Waals surface area contributed by atoms with Crippen molar-refractivity contribution in [1.82, 2.24) is 0 Å². The van der Waals surface area contributed by atoms with Crippen molar-refractivity contribution in [2.45, 2.75) is 13.8 Å². The van der Waals surface area contributed by atoms with Crippen LogP contribution < -0.4 is 5.32 Å². The van der Waals surface area contributed by atoms with Crippen LogP contribution in [0.1, 0.15) is 21.5 Å². The monoisotopic (exact) mass is 287 g/mol. The molecule has 4 heteroatoms. The molecule has 0 saturated carbocycles. The summed E-state index contributed by atoms with van der Waals surface area (Å²) >= 11 is 0. The van der Waals surface area contributed by atoms with E-state index in [1.165, 1.54) is 12.3 Å². The highest BCUT2D eigenvalue weighted by molar-refractivity contribution is 6.04. The van der Waals surface area contributed by atoms with Crippen LogP contribution in [0.4, 0.5) is 14.5 Å². The lowest BCUT2D eigenvalue weighted by atomic mass is 10.0. The van der Waals surface area contributed by atoms with E-state index in [0.717, 1.165) is 29.3 Å². The van der Waals surface area contributed by atoms with Gasteiger partial charge < -0.3 is 5.32 Å². The SMILES string of the molecule is Cc1ccc(C(=O)C=CNc2cc(F)ccc2F)cc1C. The fourth-order valence-electron chi connectivity index (χ4n) is 1.81. The molecule has 0 bridgehead atoms. The minimum absolute atomic E-state index is 0.0147. The lowest BCUT2D eigenvalue weighted by Gasteiger charge is -2.03. The number of allylic oxidation sites excluding steroid dienone is 1. The molecule has 2 aromatic carbocycles. The molecule has 0 radical (unpaired) electrons. The maximum Gasteiger partial charge on any atom is 0.187 e. The highest BCUT2D eigenvalue weighted by atomic mass is 19.1. The highest BCUT2D eigenvalue weighted by Crippen LogP contribution is 2.15. The Hall–Kier alpha value is -2.49. The van der Waals surface area contributed by atoms with E-state index in [9.17, 15) is 13.6 Å². The van der Waals surface area contributed by atoms with Crippen molar-refractivity contribution < 1.29 is 13.6 Å². The van der Waals surface area contributed by atoms with Crippen molar-refractivity contribution in [2.24, 2.45) is 0 Å². The lowest BCUT2D eigenvalue weighted by molar-refractivity contribution is 0.104. The summed E-state index contributed by atoms with van der Waals surface area (Å²) in [5.74, 6) is -1.34. The van der Waals surface area contributed by atoms with Crippen LogP contribution in [-0.2, 0) is 0 Å². The van der Waals surface area contributed by atoms with Gasteiger partial charge in [0.25, 0.3) is 0 Å². The summed E-state index contributed by atoms with van der Waals surface area (Å²) < 4.78 is 26.3. The zero-order valence-electron chi connectivity index (χ0n) is 11.8. The molecule has 0 amide bonds. The second-order valence-electron chi connectivity index (χ2n) is 4.77. The molecule has 0 aliphatic carbocycles. The molecule has 21 heavy (non-hydrogen) atoms. The first-order valence-electron chi connectivity index (χ1n) is 6.47. The van der Waals surface area contributed by atoms with E-state index >= 15 is 0 Å². The van der Waals surface area contributed by atoms with Crippen LogP contribution in [0.25, 0.3) is 0 Å². The van der Waals surface area contributed by atoms with Gasteiger partial charge in [0.1, 0.15) is 11.6 Å². The number of anilines is 1. The molecule has 0 atom stereocenters. The van der Waals surface area contributed by atoms with Gasteiger partial charge in [0.15, 0.2) is 5.78 Å². The summed E-state index contributed by atoms with van der Waals surface area (Å²) in [7, 11) is 0. The van der Waals surface area contributed by atoms with Gasteiger partial charge >= 0.3 is 0 Å². The van der Waals surface area contributed by atoms with Crippen LogP contribution in [0.2, 0.25) is 0 Å². The number of hydrogen-bond acceptors (Lipinski definition) is 2. The van der Waals surface area contributed by atoms with Gasteiger partial charge in [-0.2, -0.15) is 0 Å². The third kappa shape index (κ3) is 3.75. The van der Waals surface area contributed by atoms with Crippen LogP contribution in [0, 0.1) is 25.5 Å². The number of benzene rings is 2. The first-order valence-corrected chi connectivity index (χ1v) is 6.47. The van der Waals surface area contributed by atoms with Crippen LogP contribution >= 0.6 is 0 Å². The number of nitrogens with one attached hydrogen (secondary N) is 1. The second kappa shape index (κ2) is 6.31. The number of aryl methyl sites for hydroxylation is 2. The van der Waals surface area contributed by atoms with E-state index < -0.39 is 11.6 Å². The molecular formula is C17H15F2NO. The zero-order chi connectivity index (χ0) is 15.4. The molecule has 0 aliphatic rings. The van der Waals surface area contributed by atoms with Crippen molar-refractivity contribution in [3.8, 4) is 0 Å². The number of hydrogen-bond donors (Lipinski definition) is 1. The molecule has 0 fully saturated rings.